The van der Waals surface area contributed by atoms with Crippen LogP contribution in [0.3, 0.4) is 0 Å². The summed E-state index contributed by atoms with van der Waals surface area (Å²) in [7, 11) is 1.70. The van der Waals surface area contributed by atoms with E-state index < -0.39 is 0 Å². The fraction of sp³-hybridized carbons (Fsp3) is 0.118. The summed E-state index contributed by atoms with van der Waals surface area (Å²) in [4.78, 5) is 16.2. The van der Waals surface area contributed by atoms with Crippen molar-refractivity contribution in [1.29, 1.82) is 0 Å². The number of carbonyl (C=O) groups is 1. The fourth-order valence-corrected chi connectivity index (χ4v) is 2.22. The van der Waals surface area contributed by atoms with Crippen molar-refractivity contribution < 1.29 is 9.18 Å². The van der Waals surface area contributed by atoms with Gasteiger partial charge in [-0.05, 0) is 48.0 Å². The van der Waals surface area contributed by atoms with Gasteiger partial charge in [0.05, 0.1) is 5.69 Å². The maximum absolute atomic E-state index is 13.0. The zero-order chi connectivity index (χ0) is 16.2. The molecule has 0 aliphatic carbocycles. The number of benzene rings is 1. The minimum absolute atomic E-state index is 0.217. The Morgan fingerprint density at radius 3 is 2.57 bits per heavy atom. The average molecular weight is 310 g/mol. The fourth-order valence-electron chi connectivity index (χ4n) is 2.22. The Morgan fingerprint density at radius 1 is 1.17 bits per heavy atom. The number of aryl methyl sites for hydroxylation is 1. The van der Waals surface area contributed by atoms with Crippen molar-refractivity contribution in [3.05, 3.63) is 71.9 Å². The predicted molar refractivity (Wildman–Crippen MR) is 84.0 cm³/mol. The lowest BCUT2D eigenvalue weighted by molar-refractivity contribution is 0.0941. The standard InChI is InChI=1S/C17H15FN4O/c1-22-16(17(23)20-11-12-6-8-19-9-7-12)10-15(21-22)13-2-4-14(18)5-3-13/h2-10H,11H2,1H3,(H,20,23). The first-order valence-electron chi connectivity index (χ1n) is 7.10. The maximum Gasteiger partial charge on any atom is 0.269 e. The number of carbonyl (C=O) groups excluding carboxylic acids is 1. The van der Waals surface area contributed by atoms with Gasteiger partial charge >= 0.3 is 0 Å². The molecule has 3 rings (SSSR count). The van der Waals surface area contributed by atoms with Crippen LogP contribution >= 0.6 is 0 Å². The third-order valence-corrected chi connectivity index (χ3v) is 3.45. The average Bonchev–Trinajstić information content (AvgIpc) is 2.96. The predicted octanol–water partition coefficient (Wildman–Crippen LogP) is 2.55. The first kappa shape index (κ1) is 14.9. The number of hydrogen-bond donors (Lipinski definition) is 1. The number of nitrogens with zero attached hydrogens (tertiary/aromatic N) is 3. The molecule has 3 aromatic rings. The van der Waals surface area contributed by atoms with E-state index in [2.05, 4.69) is 15.4 Å². The number of nitrogens with one attached hydrogen (secondary N) is 1. The van der Waals surface area contributed by atoms with E-state index in [0.717, 1.165) is 11.1 Å². The van der Waals surface area contributed by atoms with Crippen LogP contribution in [0.5, 0.6) is 0 Å². The minimum Gasteiger partial charge on any atom is -0.347 e. The second-order valence-corrected chi connectivity index (χ2v) is 5.08. The summed E-state index contributed by atoms with van der Waals surface area (Å²) in [6.45, 7) is 0.415. The SMILES string of the molecule is Cn1nc(-c2ccc(F)cc2)cc1C(=O)NCc1ccncc1. The first-order chi connectivity index (χ1) is 11.1. The number of aromatic nitrogens is 3. The largest absolute Gasteiger partial charge is 0.347 e. The third-order valence-electron chi connectivity index (χ3n) is 3.45. The van der Waals surface area contributed by atoms with E-state index in [0.29, 0.717) is 17.9 Å². The topological polar surface area (TPSA) is 59.8 Å². The van der Waals surface area contributed by atoms with Gasteiger partial charge in [-0.15, -0.1) is 0 Å². The summed E-state index contributed by atoms with van der Waals surface area (Å²) in [5.74, 6) is -0.523. The number of amides is 1. The second-order valence-electron chi connectivity index (χ2n) is 5.08. The lowest BCUT2D eigenvalue weighted by Crippen LogP contribution is -2.25. The molecule has 0 atom stereocenters. The summed E-state index contributed by atoms with van der Waals surface area (Å²) in [5, 5.41) is 7.15. The highest BCUT2D eigenvalue weighted by Gasteiger charge is 2.14. The van der Waals surface area contributed by atoms with E-state index in [4.69, 9.17) is 0 Å². The van der Waals surface area contributed by atoms with Crippen molar-refractivity contribution >= 4 is 5.91 Å². The molecule has 0 radical (unpaired) electrons. The Morgan fingerprint density at radius 2 is 1.87 bits per heavy atom. The van der Waals surface area contributed by atoms with Crippen LogP contribution in [-0.4, -0.2) is 20.7 Å². The molecule has 116 valence electrons. The van der Waals surface area contributed by atoms with Crippen LogP contribution in [0.15, 0.2) is 54.9 Å². The zero-order valence-electron chi connectivity index (χ0n) is 12.5. The Bertz CT molecular complexity index is 812. The van der Waals surface area contributed by atoms with Gasteiger partial charge in [-0.25, -0.2) is 4.39 Å². The molecule has 2 heterocycles. The van der Waals surface area contributed by atoms with E-state index in [1.165, 1.54) is 16.8 Å². The lowest BCUT2D eigenvalue weighted by atomic mass is 10.1. The van der Waals surface area contributed by atoms with E-state index in [9.17, 15) is 9.18 Å². The van der Waals surface area contributed by atoms with Crippen LogP contribution in [0.2, 0.25) is 0 Å². The second kappa shape index (κ2) is 6.39. The van der Waals surface area contributed by atoms with Crippen LogP contribution in [-0.2, 0) is 13.6 Å². The van der Waals surface area contributed by atoms with Gasteiger partial charge in [0.15, 0.2) is 0 Å². The van der Waals surface area contributed by atoms with Crippen LogP contribution in [0.4, 0.5) is 4.39 Å². The van der Waals surface area contributed by atoms with Gasteiger partial charge in [0.1, 0.15) is 11.5 Å². The molecule has 6 heteroatoms. The summed E-state index contributed by atoms with van der Waals surface area (Å²) in [6, 6.07) is 11.4. The van der Waals surface area contributed by atoms with Gasteiger partial charge in [-0.3, -0.25) is 14.5 Å². The number of pyridine rings is 1. The van der Waals surface area contributed by atoms with E-state index >= 15 is 0 Å². The van der Waals surface area contributed by atoms with E-state index in [1.54, 1.807) is 37.6 Å². The molecule has 0 unspecified atom stereocenters. The van der Waals surface area contributed by atoms with Gasteiger partial charge in [0.2, 0.25) is 0 Å². The van der Waals surface area contributed by atoms with Crippen molar-refractivity contribution in [3.63, 3.8) is 0 Å². The molecule has 2 aromatic heterocycles. The molecule has 0 spiro atoms. The van der Waals surface area contributed by atoms with Crippen LogP contribution in [0.1, 0.15) is 16.1 Å². The summed E-state index contributed by atoms with van der Waals surface area (Å²) >= 11 is 0. The quantitative estimate of drug-likeness (QED) is 0.805. The summed E-state index contributed by atoms with van der Waals surface area (Å²) < 4.78 is 14.5. The molecule has 1 amide bonds. The molecule has 1 aromatic carbocycles. The third kappa shape index (κ3) is 3.42. The zero-order valence-corrected chi connectivity index (χ0v) is 12.5. The molecule has 0 saturated carbocycles. The highest BCUT2D eigenvalue weighted by Crippen LogP contribution is 2.19. The molecule has 5 nitrogen and oxygen atoms in total. The van der Waals surface area contributed by atoms with Gasteiger partial charge in [0, 0.05) is 31.5 Å². The Kier molecular flexibility index (Phi) is 4.14. The summed E-state index contributed by atoms with van der Waals surface area (Å²) in [5.41, 5.74) is 2.80. The highest BCUT2D eigenvalue weighted by atomic mass is 19.1. The van der Waals surface area contributed by atoms with Crippen LogP contribution in [0, 0.1) is 5.82 Å². The van der Waals surface area contributed by atoms with E-state index in [1.807, 2.05) is 12.1 Å². The van der Waals surface area contributed by atoms with Gasteiger partial charge < -0.3 is 5.32 Å². The molecular formula is C17H15FN4O. The first-order valence-corrected chi connectivity index (χ1v) is 7.10. The number of halogens is 1. The molecule has 0 aliphatic heterocycles. The minimum atomic E-state index is -0.306. The monoisotopic (exact) mass is 310 g/mol. The molecule has 0 saturated heterocycles. The van der Waals surface area contributed by atoms with Crippen molar-refractivity contribution in [2.24, 2.45) is 7.05 Å². The molecular weight excluding hydrogens is 295 g/mol. The smallest absolute Gasteiger partial charge is 0.269 e. The van der Waals surface area contributed by atoms with Gasteiger partial charge in [-0.2, -0.15) is 5.10 Å². The van der Waals surface area contributed by atoms with Gasteiger partial charge in [-0.1, -0.05) is 0 Å². The number of rotatable bonds is 4. The van der Waals surface area contributed by atoms with Crippen molar-refractivity contribution in [3.8, 4) is 11.3 Å². The Balaban J connectivity index is 1.75. The highest BCUT2D eigenvalue weighted by molar-refractivity contribution is 5.93. The molecule has 0 fully saturated rings. The Labute approximate surface area is 132 Å². The van der Waals surface area contributed by atoms with Crippen molar-refractivity contribution in [2.75, 3.05) is 0 Å². The van der Waals surface area contributed by atoms with Crippen LogP contribution in [0.25, 0.3) is 11.3 Å². The maximum atomic E-state index is 13.0. The van der Waals surface area contributed by atoms with Crippen molar-refractivity contribution in [1.82, 2.24) is 20.1 Å². The molecule has 23 heavy (non-hydrogen) atoms. The van der Waals surface area contributed by atoms with Crippen LogP contribution < -0.4 is 5.32 Å². The van der Waals surface area contributed by atoms with E-state index in [-0.39, 0.29) is 11.7 Å². The molecule has 0 aliphatic rings. The summed E-state index contributed by atoms with van der Waals surface area (Å²) in [6.07, 6.45) is 3.36. The van der Waals surface area contributed by atoms with Crippen molar-refractivity contribution in [2.45, 2.75) is 6.54 Å². The normalized spacial score (nSPS) is 10.5. The molecule has 0 bridgehead atoms. The lowest BCUT2D eigenvalue weighted by Gasteiger charge is -2.04. The number of hydrogen-bond acceptors (Lipinski definition) is 3. The Hall–Kier alpha value is -3.02. The van der Waals surface area contributed by atoms with Gasteiger partial charge in [0.25, 0.3) is 5.91 Å². The molecule has 1 N–H and O–H groups in total.